The Balaban J connectivity index is 3.82. The maximum Gasteiger partial charge on any atom is 0.491 e. The molecule has 3 nitrogen and oxygen atoms in total. The van der Waals surface area contributed by atoms with Crippen molar-refractivity contribution >= 4 is 15.3 Å². The second-order valence-corrected chi connectivity index (χ2v) is 3.94. The van der Waals surface area contributed by atoms with Gasteiger partial charge in [0.25, 0.3) is 5.97 Å². The van der Waals surface area contributed by atoms with Gasteiger partial charge in [-0.05, 0) is 19.0 Å². The van der Waals surface area contributed by atoms with Crippen LogP contribution in [0.4, 0.5) is 0 Å². The Morgan fingerprint density at radius 2 is 2.33 bits per heavy atom. The van der Waals surface area contributed by atoms with Crippen molar-refractivity contribution in [3.8, 4) is 0 Å². The summed E-state index contributed by atoms with van der Waals surface area (Å²) in [5.41, 5.74) is 1.57. The molecule has 0 saturated carbocycles. The van der Waals surface area contributed by atoms with E-state index in [0.29, 0.717) is 0 Å². The first-order valence-electron chi connectivity index (χ1n) is 3.94. The summed E-state index contributed by atoms with van der Waals surface area (Å²) in [5.74, 6) is -0.313. The van der Waals surface area contributed by atoms with Crippen molar-refractivity contribution in [1.82, 2.24) is 0 Å². The minimum Gasteiger partial charge on any atom is -0.489 e. The summed E-state index contributed by atoms with van der Waals surface area (Å²) in [6.07, 6.45) is 1.03. The highest BCUT2D eigenvalue weighted by molar-refractivity contribution is 6.52. The summed E-state index contributed by atoms with van der Waals surface area (Å²) in [6.45, 7) is 8.87. The smallest absolute Gasteiger partial charge is 0.489 e. The fraction of sp³-hybridized carbons (Fsp3) is 0.625. The summed E-state index contributed by atoms with van der Waals surface area (Å²) in [5, 5.41) is 0. The van der Waals surface area contributed by atoms with Gasteiger partial charge in [-0.3, -0.25) is 4.79 Å². The molecule has 0 aromatic carbocycles. The predicted molar refractivity (Wildman–Crippen MR) is 48.6 cm³/mol. The maximum absolute atomic E-state index is 10.6. The van der Waals surface area contributed by atoms with Gasteiger partial charge in [0.2, 0.25) is 0 Å². The molecule has 69 valence electrons. The Hall–Kier alpha value is -0.613. The molecule has 0 aromatic heterocycles. The summed E-state index contributed by atoms with van der Waals surface area (Å²) < 4.78 is 10.3. The van der Waals surface area contributed by atoms with Gasteiger partial charge >= 0.3 is 9.28 Å². The molecule has 0 N–H and O–H groups in total. The van der Waals surface area contributed by atoms with Crippen molar-refractivity contribution in [2.75, 3.05) is 0 Å². The lowest BCUT2D eigenvalue weighted by Crippen LogP contribution is -2.27. The molecule has 1 unspecified atom stereocenters. The zero-order valence-electron chi connectivity index (χ0n) is 7.79. The summed E-state index contributed by atoms with van der Waals surface area (Å²) in [7, 11) is -1.58. The predicted octanol–water partition coefficient (Wildman–Crippen LogP) is 1.58. The molecule has 0 aliphatic heterocycles. The average Bonchev–Trinajstić information content (AvgIpc) is 2.02. The Kier molecular flexibility index (Phi) is 5.66. The molecule has 0 aliphatic rings. The van der Waals surface area contributed by atoms with Gasteiger partial charge < -0.3 is 8.85 Å². The first-order chi connectivity index (χ1) is 5.60. The molecule has 0 fully saturated rings. The van der Waals surface area contributed by atoms with Gasteiger partial charge in [-0.1, -0.05) is 6.92 Å². The van der Waals surface area contributed by atoms with Crippen LogP contribution in [0.1, 0.15) is 27.2 Å². The number of rotatable bonds is 5. The highest BCUT2D eigenvalue weighted by Crippen LogP contribution is 2.01. The summed E-state index contributed by atoms with van der Waals surface area (Å²) in [4.78, 5) is 10.6. The highest BCUT2D eigenvalue weighted by Gasteiger charge is 2.17. The zero-order chi connectivity index (χ0) is 9.56. The molecular weight excluding hydrogens is 172 g/mol. The van der Waals surface area contributed by atoms with E-state index in [4.69, 9.17) is 8.85 Å². The Bertz CT molecular complexity index is 158. The number of hydrogen-bond acceptors (Lipinski definition) is 3. The van der Waals surface area contributed by atoms with Crippen molar-refractivity contribution in [3.05, 3.63) is 12.3 Å². The van der Waals surface area contributed by atoms with E-state index in [1.807, 2.05) is 13.8 Å². The van der Waals surface area contributed by atoms with Gasteiger partial charge in [0, 0.05) is 13.0 Å². The normalized spacial score (nSPS) is 12.7. The topological polar surface area (TPSA) is 35.5 Å². The summed E-state index contributed by atoms with van der Waals surface area (Å²) in [6, 6.07) is 0. The first-order valence-corrected chi connectivity index (χ1v) is 5.34. The number of carbonyl (C=O) groups is 1. The molecule has 1 radical (unpaired) electrons. The van der Waals surface area contributed by atoms with Crippen molar-refractivity contribution in [1.29, 1.82) is 0 Å². The van der Waals surface area contributed by atoms with Gasteiger partial charge in [0.05, 0.1) is 0 Å². The van der Waals surface area contributed by atoms with Crippen LogP contribution in [0, 0.1) is 0 Å². The van der Waals surface area contributed by atoms with E-state index in [1.54, 1.807) is 5.70 Å². The molecule has 0 spiro atoms. The third-order valence-electron chi connectivity index (χ3n) is 1.30. The van der Waals surface area contributed by atoms with E-state index in [2.05, 4.69) is 6.58 Å². The van der Waals surface area contributed by atoms with Crippen LogP contribution >= 0.6 is 0 Å². The maximum atomic E-state index is 10.6. The van der Waals surface area contributed by atoms with Crippen molar-refractivity contribution in [2.24, 2.45) is 0 Å². The lowest BCUT2D eigenvalue weighted by molar-refractivity contribution is -0.133. The van der Waals surface area contributed by atoms with Crippen LogP contribution in [0.25, 0.3) is 0 Å². The van der Waals surface area contributed by atoms with Gasteiger partial charge in [0.15, 0.2) is 0 Å². The van der Waals surface area contributed by atoms with Gasteiger partial charge in [0.1, 0.15) is 0 Å². The van der Waals surface area contributed by atoms with E-state index in [-0.39, 0.29) is 12.1 Å². The number of carbonyl (C=O) groups excluding carboxylic acids is 1. The molecule has 0 bridgehead atoms. The molecule has 0 aliphatic carbocycles. The van der Waals surface area contributed by atoms with E-state index in [0.717, 1.165) is 6.42 Å². The quantitative estimate of drug-likeness (QED) is 0.613. The lowest BCUT2D eigenvalue weighted by Gasteiger charge is -2.14. The van der Waals surface area contributed by atoms with Gasteiger partial charge in [-0.15, -0.1) is 6.58 Å². The second-order valence-electron chi connectivity index (χ2n) is 2.45. The van der Waals surface area contributed by atoms with E-state index < -0.39 is 9.28 Å². The minimum absolute atomic E-state index is 0.122. The largest absolute Gasteiger partial charge is 0.491 e. The minimum atomic E-state index is -1.58. The molecule has 0 aromatic rings. The molecule has 0 saturated heterocycles. The van der Waals surface area contributed by atoms with Crippen molar-refractivity contribution in [3.63, 3.8) is 0 Å². The van der Waals surface area contributed by atoms with Crippen LogP contribution < -0.4 is 0 Å². The highest BCUT2D eigenvalue weighted by atomic mass is 28.3. The molecule has 0 rings (SSSR count). The second kappa shape index (κ2) is 5.96. The Labute approximate surface area is 75.2 Å². The van der Waals surface area contributed by atoms with E-state index in [1.165, 1.54) is 6.92 Å². The van der Waals surface area contributed by atoms with Gasteiger partial charge in [-0.2, -0.15) is 0 Å². The van der Waals surface area contributed by atoms with Crippen LogP contribution in [0.3, 0.4) is 0 Å². The van der Waals surface area contributed by atoms with Crippen LogP contribution in [-0.4, -0.2) is 21.4 Å². The van der Waals surface area contributed by atoms with E-state index in [9.17, 15) is 4.79 Å². The third kappa shape index (κ3) is 5.09. The fourth-order valence-electron chi connectivity index (χ4n) is 0.537. The Morgan fingerprint density at radius 3 is 2.67 bits per heavy atom. The van der Waals surface area contributed by atoms with E-state index >= 15 is 0 Å². The van der Waals surface area contributed by atoms with Crippen LogP contribution in [-0.2, 0) is 13.6 Å². The first kappa shape index (κ1) is 11.4. The Morgan fingerprint density at radius 1 is 1.75 bits per heavy atom. The molecule has 1 atom stereocenters. The average molecular weight is 187 g/mol. The zero-order valence-corrected chi connectivity index (χ0v) is 8.79. The van der Waals surface area contributed by atoms with Gasteiger partial charge in [-0.25, -0.2) is 0 Å². The third-order valence-corrected chi connectivity index (χ3v) is 2.76. The number of hydrogen-bond donors (Lipinski definition) is 0. The molecule has 12 heavy (non-hydrogen) atoms. The van der Waals surface area contributed by atoms with Crippen molar-refractivity contribution < 1.29 is 13.6 Å². The monoisotopic (exact) mass is 187 g/mol. The molecule has 0 heterocycles. The molecular formula is C8H15O3Si. The standard InChI is InChI=1S/C8H15O3Si/c1-5-7(3)10-12(6-2)11-8(4)9/h6-7H,2,5H2,1,3-4H3. The SMILES string of the molecule is C=C[Si](OC(C)=O)OC(C)CC. The van der Waals surface area contributed by atoms with Crippen molar-refractivity contribution in [2.45, 2.75) is 33.3 Å². The van der Waals surface area contributed by atoms with Crippen LogP contribution in [0.15, 0.2) is 12.3 Å². The van der Waals surface area contributed by atoms with Crippen LogP contribution in [0.5, 0.6) is 0 Å². The molecule has 0 amide bonds. The summed E-state index contributed by atoms with van der Waals surface area (Å²) >= 11 is 0. The molecule has 4 heteroatoms. The van der Waals surface area contributed by atoms with Crippen LogP contribution in [0.2, 0.25) is 0 Å². The lowest BCUT2D eigenvalue weighted by atomic mass is 10.3. The fourth-order valence-corrected chi connectivity index (χ4v) is 1.61.